The zero-order valence-corrected chi connectivity index (χ0v) is 15.1. The van der Waals surface area contributed by atoms with E-state index in [-0.39, 0.29) is 5.97 Å². The molecule has 0 atom stereocenters. The molecule has 0 unspecified atom stereocenters. The van der Waals surface area contributed by atoms with Gasteiger partial charge in [0.1, 0.15) is 5.75 Å². The van der Waals surface area contributed by atoms with E-state index in [2.05, 4.69) is 0 Å². The number of hydrogen-bond acceptors (Lipinski definition) is 2. The van der Waals surface area contributed by atoms with Crippen molar-refractivity contribution in [2.75, 3.05) is 0 Å². The maximum absolute atomic E-state index is 12.1. The Bertz CT molecular complexity index is 565. The zero-order chi connectivity index (χ0) is 17.2. The van der Waals surface area contributed by atoms with E-state index in [1.807, 2.05) is 90.9 Å². The molecule has 122 valence electrons. The number of esters is 1. The van der Waals surface area contributed by atoms with Crippen LogP contribution in [-0.2, 0) is 4.79 Å². The lowest BCUT2D eigenvalue weighted by Gasteiger charge is -2.20. The summed E-state index contributed by atoms with van der Waals surface area (Å²) in [6.07, 6.45) is 0.761. The van der Waals surface area contributed by atoms with Crippen LogP contribution in [0.4, 0.5) is 0 Å². The summed E-state index contributed by atoms with van der Waals surface area (Å²) in [5.41, 5.74) is -0.447. The molecular weight excluding hydrogens is 272 g/mol. The van der Waals surface area contributed by atoms with Crippen molar-refractivity contribution in [2.24, 2.45) is 5.41 Å². The second-order valence-corrected chi connectivity index (χ2v) is 5.10. The Labute approximate surface area is 135 Å². The van der Waals surface area contributed by atoms with Crippen LogP contribution in [0.2, 0.25) is 0 Å². The summed E-state index contributed by atoms with van der Waals surface area (Å²) in [7, 11) is 0. The Balaban J connectivity index is 0.00000102. The first kappa shape index (κ1) is 20.2. The molecule has 2 aromatic rings. The van der Waals surface area contributed by atoms with Crippen molar-refractivity contribution in [1.82, 2.24) is 0 Å². The summed E-state index contributed by atoms with van der Waals surface area (Å²) < 4.78 is 5.54. The molecule has 0 fully saturated rings. The van der Waals surface area contributed by atoms with E-state index < -0.39 is 5.41 Å². The van der Waals surface area contributed by atoms with Crippen LogP contribution < -0.4 is 4.74 Å². The summed E-state index contributed by atoms with van der Waals surface area (Å²) in [6.45, 7) is 13.8. The van der Waals surface area contributed by atoms with Gasteiger partial charge < -0.3 is 4.74 Å². The van der Waals surface area contributed by atoms with Crippen molar-refractivity contribution in [1.29, 1.82) is 0 Å². The van der Waals surface area contributed by atoms with Crippen LogP contribution in [0.25, 0.3) is 10.8 Å². The number of fused-ring (bicyclic) bond motifs is 1. The number of hydrogen-bond donors (Lipinski definition) is 0. The topological polar surface area (TPSA) is 26.3 Å². The van der Waals surface area contributed by atoms with Crippen LogP contribution in [0.3, 0.4) is 0 Å². The van der Waals surface area contributed by atoms with Crippen LogP contribution >= 0.6 is 0 Å². The van der Waals surface area contributed by atoms with Gasteiger partial charge in [-0.1, -0.05) is 71.0 Å². The molecule has 2 rings (SSSR count). The smallest absolute Gasteiger partial charge is 0.316 e. The van der Waals surface area contributed by atoms with Crippen molar-refractivity contribution in [3.05, 3.63) is 42.5 Å². The highest BCUT2D eigenvalue weighted by atomic mass is 16.5. The minimum absolute atomic E-state index is 0.179. The third-order valence-electron chi connectivity index (χ3n) is 3.39. The lowest BCUT2D eigenvalue weighted by molar-refractivity contribution is -0.144. The second-order valence-electron chi connectivity index (χ2n) is 5.10. The number of ether oxygens (including phenoxy) is 1. The highest BCUT2D eigenvalue weighted by Crippen LogP contribution is 2.28. The number of carbonyl (C=O) groups excluding carboxylic acids is 1. The predicted octanol–water partition coefficient (Wildman–Crippen LogP) is 6.23. The molecule has 0 N–H and O–H groups in total. The molecule has 2 nitrogen and oxygen atoms in total. The molecule has 0 radical (unpaired) electrons. The van der Waals surface area contributed by atoms with Crippen LogP contribution in [-0.4, -0.2) is 5.97 Å². The molecule has 0 spiro atoms. The van der Waals surface area contributed by atoms with E-state index in [4.69, 9.17) is 4.74 Å². The average molecular weight is 302 g/mol. The lowest BCUT2D eigenvalue weighted by Crippen LogP contribution is -2.28. The fourth-order valence-corrected chi connectivity index (χ4v) is 1.67. The van der Waals surface area contributed by atoms with E-state index in [0.29, 0.717) is 5.75 Å². The van der Waals surface area contributed by atoms with E-state index in [0.717, 1.165) is 17.2 Å². The maximum atomic E-state index is 12.1. The standard InChI is InChI=1S/C16H18O2.2C2H6/c1-4-16(2,3)15(17)18-14-11-7-9-12-8-5-6-10-13(12)14;2*1-2/h5-11H,4H2,1-3H3;2*1-2H3. The molecule has 0 aliphatic carbocycles. The summed E-state index contributed by atoms with van der Waals surface area (Å²) in [5, 5.41) is 2.05. The molecule has 0 aliphatic rings. The third-order valence-corrected chi connectivity index (χ3v) is 3.39. The highest BCUT2D eigenvalue weighted by molar-refractivity contribution is 5.91. The normalized spacial score (nSPS) is 9.95. The number of carbonyl (C=O) groups is 1. The predicted molar refractivity (Wildman–Crippen MR) is 96.4 cm³/mol. The monoisotopic (exact) mass is 302 g/mol. The average Bonchev–Trinajstić information content (AvgIpc) is 2.58. The molecule has 0 bridgehead atoms. The molecule has 0 heterocycles. The first-order chi connectivity index (χ1) is 10.5. The van der Waals surface area contributed by atoms with Crippen LogP contribution in [0, 0.1) is 5.41 Å². The zero-order valence-electron chi connectivity index (χ0n) is 15.1. The van der Waals surface area contributed by atoms with Crippen molar-refractivity contribution < 1.29 is 9.53 Å². The quantitative estimate of drug-likeness (QED) is 0.496. The van der Waals surface area contributed by atoms with Crippen molar-refractivity contribution in [3.8, 4) is 5.75 Å². The van der Waals surface area contributed by atoms with Crippen LogP contribution in [0.1, 0.15) is 54.9 Å². The van der Waals surface area contributed by atoms with Gasteiger partial charge in [0.05, 0.1) is 5.41 Å². The molecular formula is C20H30O2. The number of benzene rings is 2. The van der Waals surface area contributed by atoms with Crippen molar-refractivity contribution >= 4 is 16.7 Å². The van der Waals surface area contributed by atoms with Crippen molar-refractivity contribution in [3.63, 3.8) is 0 Å². The minimum Gasteiger partial charge on any atom is -0.425 e. The molecule has 0 saturated carbocycles. The van der Waals surface area contributed by atoms with Gasteiger partial charge in [0, 0.05) is 5.39 Å². The van der Waals surface area contributed by atoms with Crippen LogP contribution in [0.15, 0.2) is 42.5 Å². The van der Waals surface area contributed by atoms with E-state index in [1.165, 1.54) is 0 Å². The van der Waals surface area contributed by atoms with Crippen LogP contribution in [0.5, 0.6) is 5.75 Å². The van der Waals surface area contributed by atoms with Gasteiger partial charge in [0.15, 0.2) is 0 Å². The largest absolute Gasteiger partial charge is 0.425 e. The maximum Gasteiger partial charge on any atom is 0.316 e. The van der Waals surface area contributed by atoms with Crippen molar-refractivity contribution in [2.45, 2.75) is 54.9 Å². The molecule has 0 saturated heterocycles. The molecule has 0 amide bonds. The Hall–Kier alpha value is -1.83. The fraction of sp³-hybridized carbons (Fsp3) is 0.450. The molecule has 2 aromatic carbocycles. The third kappa shape index (κ3) is 5.18. The summed E-state index contributed by atoms with van der Waals surface area (Å²) >= 11 is 0. The molecule has 22 heavy (non-hydrogen) atoms. The summed E-state index contributed by atoms with van der Waals surface area (Å²) in [6, 6.07) is 13.7. The molecule has 0 aliphatic heterocycles. The van der Waals surface area contributed by atoms with Gasteiger partial charge in [0.25, 0.3) is 0 Å². The minimum atomic E-state index is -0.447. The van der Waals surface area contributed by atoms with Gasteiger partial charge in [-0.2, -0.15) is 0 Å². The molecule has 2 heteroatoms. The van der Waals surface area contributed by atoms with Gasteiger partial charge in [-0.25, -0.2) is 0 Å². The Morgan fingerprint density at radius 3 is 2.09 bits per heavy atom. The number of rotatable bonds is 3. The van der Waals surface area contributed by atoms with Gasteiger partial charge in [-0.05, 0) is 31.7 Å². The first-order valence-corrected chi connectivity index (χ1v) is 8.24. The molecule has 0 aromatic heterocycles. The Morgan fingerprint density at radius 2 is 1.50 bits per heavy atom. The first-order valence-electron chi connectivity index (χ1n) is 8.24. The van der Waals surface area contributed by atoms with E-state index in [1.54, 1.807) is 0 Å². The Kier molecular flexibility index (Phi) is 9.16. The van der Waals surface area contributed by atoms with Gasteiger partial charge >= 0.3 is 5.97 Å². The van der Waals surface area contributed by atoms with E-state index in [9.17, 15) is 4.79 Å². The van der Waals surface area contributed by atoms with E-state index >= 15 is 0 Å². The fourth-order valence-electron chi connectivity index (χ4n) is 1.67. The second kappa shape index (κ2) is 9.99. The SMILES string of the molecule is CC.CC.CCC(C)(C)C(=O)Oc1cccc2ccccc12. The lowest BCUT2D eigenvalue weighted by atomic mass is 9.91. The van der Waals surface area contributed by atoms with Gasteiger partial charge in [-0.15, -0.1) is 0 Å². The highest BCUT2D eigenvalue weighted by Gasteiger charge is 2.27. The summed E-state index contributed by atoms with van der Waals surface area (Å²) in [5.74, 6) is 0.459. The Morgan fingerprint density at radius 1 is 0.955 bits per heavy atom. The van der Waals surface area contributed by atoms with Gasteiger partial charge in [-0.3, -0.25) is 4.79 Å². The summed E-state index contributed by atoms with van der Waals surface area (Å²) in [4.78, 5) is 12.1. The van der Waals surface area contributed by atoms with Gasteiger partial charge in [0.2, 0.25) is 0 Å².